The maximum absolute atomic E-state index is 12.5. The van der Waals surface area contributed by atoms with Crippen molar-refractivity contribution in [2.45, 2.75) is 26.3 Å². The molecule has 2 aromatic rings. The number of carbonyl (C=O) groups excluding carboxylic acids is 2. The number of ether oxygens (including phenoxy) is 1. The molecule has 1 N–H and O–H groups in total. The second-order valence-corrected chi connectivity index (χ2v) is 8.99. The Bertz CT molecular complexity index is 988. The minimum atomic E-state index is -3.04. The highest BCUT2D eigenvalue weighted by atomic mass is 32.2. The molecule has 1 fully saturated rings. The molecule has 0 amide bonds. The summed E-state index contributed by atoms with van der Waals surface area (Å²) in [4.78, 5) is 24.5. The minimum Gasteiger partial charge on any atom is -0.508 e. The fourth-order valence-corrected chi connectivity index (χ4v) is 5.19. The largest absolute Gasteiger partial charge is 0.508 e. The number of Topliss-reactive ketones (excluding diaryl/α,β-unsaturated/α-hetero) is 1. The van der Waals surface area contributed by atoms with Crippen LogP contribution in [0.3, 0.4) is 0 Å². The first kappa shape index (κ1) is 19.2. The molecule has 0 spiro atoms. The van der Waals surface area contributed by atoms with Gasteiger partial charge in [-0.2, -0.15) is 0 Å². The van der Waals surface area contributed by atoms with Crippen molar-refractivity contribution in [2.24, 2.45) is 0 Å². The molecule has 8 heteroatoms. The van der Waals surface area contributed by atoms with Crippen LogP contribution in [-0.4, -0.2) is 48.0 Å². The zero-order valence-corrected chi connectivity index (χ0v) is 16.0. The molecule has 7 nitrogen and oxygen atoms in total. The number of sulfone groups is 1. The van der Waals surface area contributed by atoms with Crippen molar-refractivity contribution in [1.29, 1.82) is 0 Å². The molecule has 1 aromatic carbocycles. The van der Waals surface area contributed by atoms with Gasteiger partial charge in [0.15, 0.2) is 16.4 Å². The number of hydrogen-bond acceptors (Lipinski definition) is 6. The summed E-state index contributed by atoms with van der Waals surface area (Å²) in [5, 5.41) is 9.24. The number of hydrogen-bond donors (Lipinski definition) is 1. The van der Waals surface area contributed by atoms with Crippen LogP contribution in [0.2, 0.25) is 0 Å². The normalized spacial score (nSPS) is 18.4. The van der Waals surface area contributed by atoms with Gasteiger partial charge < -0.3 is 14.4 Å². The van der Waals surface area contributed by atoms with Gasteiger partial charge in [0.05, 0.1) is 17.1 Å². The number of phenolic OH excluding ortho intramolecular Hbond substituents is 1. The maximum Gasteiger partial charge on any atom is 0.338 e. The number of rotatable bonds is 5. The molecule has 27 heavy (non-hydrogen) atoms. The quantitative estimate of drug-likeness (QED) is 0.619. The van der Waals surface area contributed by atoms with Crippen LogP contribution in [0.15, 0.2) is 30.3 Å². The van der Waals surface area contributed by atoms with Crippen LogP contribution in [0.5, 0.6) is 5.75 Å². The van der Waals surface area contributed by atoms with Crippen LogP contribution in [0.1, 0.15) is 44.6 Å². The number of phenols is 1. The topological polar surface area (TPSA) is 103 Å². The third kappa shape index (κ3) is 4.05. The van der Waals surface area contributed by atoms with E-state index in [1.165, 1.54) is 24.3 Å². The highest BCUT2D eigenvalue weighted by molar-refractivity contribution is 7.91. The van der Waals surface area contributed by atoms with Gasteiger partial charge in [0, 0.05) is 23.0 Å². The molecule has 1 aromatic heterocycles. The highest BCUT2D eigenvalue weighted by Gasteiger charge is 2.31. The zero-order chi connectivity index (χ0) is 19.8. The summed E-state index contributed by atoms with van der Waals surface area (Å²) in [6.45, 7) is 3.19. The Balaban J connectivity index is 1.71. The van der Waals surface area contributed by atoms with Crippen molar-refractivity contribution >= 4 is 21.6 Å². The van der Waals surface area contributed by atoms with Gasteiger partial charge in [0.1, 0.15) is 5.75 Å². The SMILES string of the molecule is Cc1cc(C(=O)COC(=O)c2ccc(O)cc2)c(C)n1[C@@H]1CCS(=O)(=O)C1. The Kier molecular flexibility index (Phi) is 5.10. The van der Waals surface area contributed by atoms with Crippen molar-refractivity contribution in [3.63, 3.8) is 0 Å². The Morgan fingerprint density at radius 2 is 1.89 bits per heavy atom. The van der Waals surface area contributed by atoms with Crippen molar-refractivity contribution < 1.29 is 27.9 Å². The van der Waals surface area contributed by atoms with E-state index in [0.717, 1.165) is 5.69 Å². The fraction of sp³-hybridized carbons (Fsp3) is 0.368. The van der Waals surface area contributed by atoms with Crippen LogP contribution in [0, 0.1) is 13.8 Å². The van der Waals surface area contributed by atoms with Crippen LogP contribution in [-0.2, 0) is 14.6 Å². The van der Waals surface area contributed by atoms with Crippen LogP contribution >= 0.6 is 0 Å². The summed E-state index contributed by atoms with van der Waals surface area (Å²) < 4.78 is 30.5. The van der Waals surface area contributed by atoms with Crippen molar-refractivity contribution in [2.75, 3.05) is 18.1 Å². The standard InChI is InChI=1S/C19H21NO6S/c1-12-9-17(13(2)20(12)15-7-8-27(24,25)11-15)18(22)10-26-19(23)14-3-5-16(21)6-4-14/h3-6,9,15,21H,7-8,10-11H2,1-2H3/t15-/m1/s1. The smallest absolute Gasteiger partial charge is 0.338 e. The van der Waals surface area contributed by atoms with Crippen molar-refractivity contribution in [3.8, 4) is 5.75 Å². The molecule has 1 atom stereocenters. The first-order valence-electron chi connectivity index (χ1n) is 8.56. The van der Waals surface area contributed by atoms with Crippen LogP contribution in [0.4, 0.5) is 0 Å². The van der Waals surface area contributed by atoms with Crippen molar-refractivity contribution in [3.05, 3.63) is 52.8 Å². The van der Waals surface area contributed by atoms with E-state index in [1.54, 1.807) is 13.0 Å². The van der Waals surface area contributed by atoms with E-state index in [0.29, 0.717) is 17.7 Å². The van der Waals surface area contributed by atoms with Gasteiger partial charge in [-0.25, -0.2) is 13.2 Å². The molecular formula is C19H21NO6S. The predicted octanol–water partition coefficient (Wildman–Crippen LogP) is 2.21. The van der Waals surface area contributed by atoms with E-state index in [-0.39, 0.29) is 34.6 Å². The average Bonchev–Trinajstić information content (AvgIpc) is 3.11. The number of nitrogens with zero attached hydrogens (tertiary/aromatic N) is 1. The molecule has 0 radical (unpaired) electrons. The zero-order valence-electron chi connectivity index (χ0n) is 15.1. The molecule has 1 aliphatic heterocycles. The maximum atomic E-state index is 12.5. The Morgan fingerprint density at radius 1 is 1.22 bits per heavy atom. The van der Waals surface area contributed by atoms with Gasteiger partial charge in [-0.3, -0.25) is 4.79 Å². The number of aryl methyl sites for hydroxylation is 1. The number of benzene rings is 1. The number of aromatic nitrogens is 1. The minimum absolute atomic E-state index is 0.0315. The second kappa shape index (κ2) is 7.19. The van der Waals surface area contributed by atoms with Gasteiger partial charge in [-0.1, -0.05) is 0 Å². The molecular weight excluding hydrogens is 370 g/mol. The van der Waals surface area contributed by atoms with E-state index in [9.17, 15) is 23.1 Å². The second-order valence-electron chi connectivity index (χ2n) is 6.76. The number of esters is 1. The van der Waals surface area contributed by atoms with Gasteiger partial charge in [0.2, 0.25) is 5.78 Å². The summed E-state index contributed by atoms with van der Waals surface area (Å²) in [6, 6.07) is 7.08. The Labute approximate surface area is 157 Å². The summed E-state index contributed by atoms with van der Waals surface area (Å²) in [5.41, 5.74) is 2.15. The molecule has 0 unspecified atom stereocenters. The lowest BCUT2D eigenvalue weighted by Crippen LogP contribution is -2.17. The molecule has 1 saturated heterocycles. The molecule has 3 rings (SSSR count). The summed E-state index contributed by atoms with van der Waals surface area (Å²) in [6.07, 6.45) is 0.530. The molecule has 0 aliphatic carbocycles. The molecule has 2 heterocycles. The third-order valence-corrected chi connectivity index (χ3v) is 6.55. The number of ketones is 1. The number of carbonyl (C=O) groups is 2. The van der Waals surface area contributed by atoms with E-state index >= 15 is 0 Å². The van der Waals surface area contributed by atoms with Gasteiger partial charge in [-0.15, -0.1) is 0 Å². The van der Waals surface area contributed by atoms with Gasteiger partial charge in [0.25, 0.3) is 0 Å². The Morgan fingerprint density at radius 3 is 2.48 bits per heavy atom. The molecule has 144 valence electrons. The van der Waals surface area contributed by atoms with Crippen LogP contribution < -0.4 is 0 Å². The van der Waals surface area contributed by atoms with E-state index in [4.69, 9.17) is 4.74 Å². The first-order valence-corrected chi connectivity index (χ1v) is 10.4. The summed E-state index contributed by atoms with van der Waals surface area (Å²) in [5.74, 6) is -0.736. The lowest BCUT2D eigenvalue weighted by atomic mass is 10.1. The Hall–Kier alpha value is -2.61. The van der Waals surface area contributed by atoms with Gasteiger partial charge in [-0.05, 0) is 50.6 Å². The first-order chi connectivity index (χ1) is 12.7. The predicted molar refractivity (Wildman–Crippen MR) is 98.9 cm³/mol. The van der Waals surface area contributed by atoms with E-state index in [2.05, 4.69) is 0 Å². The van der Waals surface area contributed by atoms with Gasteiger partial charge >= 0.3 is 5.97 Å². The number of aromatic hydroxyl groups is 1. The van der Waals surface area contributed by atoms with E-state index in [1.807, 2.05) is 11.5 Å². The fourth-order valence-electron chi connectivity index (χ4n) is 3.49. The summed E-state index contributed by atoms with van der Waals surface area (Å²) in [7, 11) is -3.04. The third-order valence-electron chi connectivity index (χ3n) is 4.80. The monoisotopic (exact) mass is 391 g/mol. The molecule has 1 aliphatic rings. The molecule has 0 saturated carbocycles. The lowest BCUT2D eigenvalue weighted by Gasteiger charge is -2.16. The summed E-state index contributed by atoms with van der Waals surface area (Å²) >= 11 is 0. The lowest BCUT2D eigenvalue weighted by molar-refractivity contribution is 0.0474. The molecule has 0 bridgehead atoms. The highest BCUT2D eigenvalue weighted by Crippen LogP contribution is 2.29. The van der Waals surface area contributed by atoms with Crippen LogP contribution in [0.25, 0.3) is 0 Å². The van der Waals surface area contributed by atoms with Crippen molar-refractivity contribution in [1.82, 2.24) is 4.57 Å². The average molecular weight is 391 g/mol. The van der Waals surface area contributed by atoms with E-state index < -0.39 is 22.4 Å².